The van der Waals surface area contributed by atoms with Gasteiger partial charge in [0.15, 0.2) is 0 Å². The fraction of sp³-hybridized carbons (Fsp3) is 0.300. The quantitative estimate of drug-likeness (QED) is 0.759. The van der Waals surface area contributed by atoms with Gasteiger partial charge in [0.2, 0.25) is 0 Å². The first kappa shape index (κ1) is 9.49. The van der Waals surface area contributed by atoms with Gasteiger partial charge in [0.1, 0.15) is 5.82 Å². The van der Waals surface area contributed by atoms with Crippen LogP contribution in [0.2, 0.25) is 5.02 Å². The van der Waals surface area contributed by atoms with Crippen molar-refractivity contribution in [2.45, 2.75) is 19.9 Å². The minimum atomic E-state index is -0.0828. The topological polar surface area (TPSA) is 54.7 Å². The lowest BCUT2D eigenvalue weighted by Gasteiger charge is -1.96. The molecule has 4 heteroatoms. The molecule has 0 saturated heterocycles. The lowest BCUT2D eigenvalue weighted by atomic mass is 10.2. The van der Waals surface area contributed by atoms with Gasteiger partial charge in [0.05, 0.1) is 17.1 Å². The SMILES string of the molecule is Cc1cc(Cl)cc2[nH]c(C(C)N)nc12. The van der Waals surface area contributed by atoms with Crippen LogP contribution in [0.15, 0.2) is 12.1 Å². The van der Waals surface area contributed by atoms with Crippen molar-refractivity contribution in [1.82, 2.24) is 9.97 Å². The molecule has 0 aliphatic carbocycles. The van der Waals surface area contributed by atoms with Crippen molar-refractivity contribution in [3.63, 3.8) is 0 Å². The third-order valence-corrected chi connectivity index (χ3v) is 2.41. The van der Waals surface area contributed by atoms with E-state index in [2.05, 4.69) is 9.97 Å². The number of imidazole rings is 1. The summed E-state index contributed by atoms with van der Waals surface area (Å²) in [6, 6.07) is 3.68. The number of aromatic amines is 1. The van der Waals surface area contributed by atoms with Crippen molar-refractivity contribution < 1.29 is 0 Å². The van der Waals surface area contributed by atoms with Crippen LogP contribution in [0, 0.1) is 6.92 Å². The summed E-state index contributed by atoms with van der Waals surface area (Å²) in [7, 11) is 0. The van der Waals surface area contributed by atoms with Crippen molar-refractivity contribution in [3.05, 3.63) is 28.5 Å². The number of nitrogens with one attached hydrogen (secondary N) is 1. The van der Waals surface area contributed by atoms with E-state index in [4.69, 9.17) is 17.3 Å². The molecule has 0 saturated carbocycles. The van der Waals surface area contributed by atoms with Gasteiger partial charge in [-0.05, 0) is 31.5 Å². The number of rotatable bonds is 1. The predicted molar refractivity (Wildman–Crippen MR) is 58.4 cm³/mol. The van der Waals surface area contributed by atoms with Crippen molar-refractivity contribution in [1.29, 1.82) is 0 Å². The second kappa shape index (κ2) is 3.26. The van der Waals surface area contributed by atoms with Gasteiger partial charge < -0.3 is 10.7 Å². The maximum atomic E-state index is 5.93. The van der Waals surface area contributed by atoms with Crippen LogP contribution in [-0.4, -0.2) is 9.97 Å². The first-order valence-corrected chi connectivity index (χ1v) is 4.87. The summed E-state index contributed by atoms with van der Waals surface area (Å²) in [4.78, 5) is 7.57. The molecule has 0 fully saturated rings. The van der Waals surface area contributed by atoms with E-state index >= 15 is 0 Å². The summed E-state index contributed by atoms with van der Waals surface area (Å²) in [5.41, 5.74) is 8.70. The number of hydrogen-bond acceptors (Lipinski definition) is 2. The molecule has 0 spiro atoms. The molecule has 74 valence electrons. The molecule has 0 radical (unpaired) electrons. The molecule has 0 amide bonds. The summed E-state index contributed by atoms with van der Waals surface area (Å²) < 4.78 is 0. The maximum Gasteiger partial charge on any atom is 0.123 e. The number of fused-ring (bicyclic) bond motifs is 1. The fourth-order valence-corrected chi connectivity index (χ4v) is 1.75. The van der Waals surface area contributed by atoms with Crippen molar-refractivity contribution >= 4 is 22.6 Å². The van der Waals surface area contributed by atoms with Crippen LogP contribution in [-0.2, 0) is 0 Å². The Morgan fingerprint density at radius 2 is 2.21 bits per heavy atom. The van der Waals surface area contributed by atoms with Crippen LogP contribution in [0.25, 0.3) is 11.0 Å². The molecule has 1 heterocycles. The van der Waals surface area contributed by atoms with Crippen LogP contribution in [0.1, 0.15) is 24.4 Å². The van der Waals surface area contributed by atoms with E-state index < -0.39 is 0 Å². The van der Waals surface area contributed by atoms with E-state index in [1.165, 1.54) is 0 Å². The lowest BCUT2D eigenvalue weighted by Crippen LogP contribution is -2.06. The van der Waals surface area contributed by atoms with Gasteiger partial charge in [-0.25, -0.2) is 4.98 Å². The van der Waals surface area contributed by atoms with Crippen LogP contribution < -0.4 is 5.73 Å². The highest BCUT2D eigenvalue weighted by Crippen LogP contribution is 2.22. The number of nitrogens with two attached hydrogens (primary N) is 1. The second-order valence-corrected chi connectivity index (χ2v) is 3.97. The van der Waals surface area contributed by atoms with E-state index in [1.54, 1.807) is 0 Å². The monoisotopic (exact) mass is 209 g/mol. The van der Waals surface area contributed by atoms with Crippen LogP contribution in [0.4, 0.5) is 0 Å². The minimum absolute atomic E-state index is 0.0828. The normalized spacial score (nSPS) is 13.4. The maximum absolute atomic E-state index is 5.93. The Morgan fingerprint density at radius 3 is 2.86 bits per heavy atom. The molecule has 2 aromatic rings. The zero-order valence-electron chi connectivity index (χ0n) is 8.13. The smallest absolute Gasteiger partial charge is 0.123 e. The summed E-state index contributed by atoms with van der Waals surface area (Å²) in [6.45, 7) is 3.88. The van der Waals surface area contributed by atoms with E-state index in [0.29, 0.717) is 0 Å². The molecule has 1 aromatic heterocycles. The van der Waals surface area contributed by atoms with Crippen molar-refractivity contribution in [2.75, 3.05) is 0 Å². The van der Waals surface area contributed by atoms with Gasteiger partial charge in [-0.3, -0.25) is 0 Å². The Bertz CT molecular complexity index is 473. The molecule has 0 bridgehead atoms. The average Bonchev–Trinajstić information content (AvgIpc) is 2.47. The summed E-state index contributed by atoms with van der Waals surface area (Å²) in [6.07, 6.45) is 0. The number of halogens is 1. The predicted octanol–water partition coefficient (Wildman–Crippen LogP) is 2.54. The van der Waals surface area contributed by atoms with Gasteiger partial charge in [0.25, 0.3) is 0 Å². The zero-order chi connectivity index (χ0) is 10.3. The second-order valence-electron chi connectivity index (χ2n) is 3.53. The summed E-state index contributed by atoms with van der Waals surface area (Å²) >= 11 is 5.93. The Hall–Kier alpha value is -1.06. The van der Waals surface area contributed by atoms with Gasteiger partial charge in [0, 0.05) is 5.02 Å². The van der Waals surface area contributed by atoms with Crippen LogP contribution >= 0.6 is 11.6 Å². The largest absolute Gasteiger partial charge is 0.341 e. The molecular weight excluding hydrogens is 198 g/mol. The molecule has 1 atom stereocenters. The summed E-state index contributed by atoms with van der Waals surface area (Å²) in [5.74, 6) is 0.797. The van der Waals surface area contributed by atoms with Crippen molar-refractivity contribution in [2.24, 2.45) is 5.73 Å². The molecule has 0 aliphatic rings. The van der Waals surface area contributed by atoms with Crippen LogP contribution in [0.5, 0.6) is 0 Å². The van der Waals surface area contributed by atoms with E-state index in [9.17, 15) is 0 Å². The number of aryl methyl sites for hydroxylation is 1. The Morgan fingerprint density at radius 1 is 1.50 bits per heavy atom. The summed E-state index contributed by atoms with van der Waals surface area (Å²) in [5, 5.41) is 0.717. The van der Waals surface area contributed by atoms with Gasteiger partial charge in [-0.15, -0.1) is 0 Å². The molecule has 1 unspecified atom stereocenters. The van der Waals surface area contributed by atoms with Gasteiger partial charge in [-0.1, -0.05) is 11.6 Å². The van der Waals surface area contributed by atoms with Gasteiger partial charge in [-0.2, -0.15) is 0 Å². The minimum Gasteiger partial charge on any atom is -0.341 e. The molecule has 3 N–H and O–H groups in total. The molecule has 0 aliphatic heterocycles. The van der Waals surface area contributed by atoms with Gasteiger partial charge >= 0.3 is 0 Å². The number of aromatic nitrogens is 2. The first-order chi connectivity index (χ1) is 6.58. The molecular formula is C10H12ClN3. The molecule has 2 rings (SSSR count). The molecule has 1 aromatic carbocycles. The lowest BCUT2D eigenvalue weighted by molar-refractivity contribution is 0.760. The molecule has 3 nitrogen and oxygen atoms in total. The Balaban J connectivity index is 2.70. The third kappa shape index (κ3) is 1.49. The Kier molecular flexibility index (Phi) is 2.21. The van der Waals surface area contributed by atoms with E-state index in [1.807, 2.05) is 26.0 Å². The zero-order valence-corrected chi connectivity index (χ0v) is 8.89. The number of H-pyrrole nitrogens is 1. The highest BCUT2D eigenvalue weighted by atomic mass is 35.5. The number of nitrogens with zero attached hydrogens (tertiary/aromatic N) is 1. The molecule has 14 heavy (non-hydrogen) atoms. The third-order valence-electron chi connectivity index (χ3n) is 2.19. The first-order valence-electron chi connectivity index (χ1n) is 4.49. The Labute approximate surface area is 87.3 Å². The van der Waals surface area contributed by atoms with Crippen molar-refractivity contribution in [3.8, 4) is 0 Å². The average molecular weight is 210 g/mol. The fourth-order valence-electron chi connectivity index (χ4n) is 1.48. The highest BCUT2D eigenvalue weighted by molar-refractivity contribution is 6.31. The van der Waals surface area contributed by atoms with E-state index in [-0.39, 0.29) is 6.04 Å². The standard InChI is InChI=1S/C10H12ClN3/c1-5-3-7(11)4-8-9(5)14-10(13-8)6(2)12/h3-4,6H,12H2,1-2H3,(H,13,14). The number of hydrogen-bond donors (Lipinski definition) is 2. The number of benzene rings is 1. The highest BCUT2D eigenvalue weighted by Gasteiger charge is 2.08. The van der Waals surface area contributed by atoms with Crippen LogP contribution in [0.3, 0.4) is 0 Å². The van der Waals surface area contributed by atoms with E-state index in [0.717, 1.165) is 27.4 Å².